The van der Waals surface area contributed by atoms with E-state index < -0.39 is 0 Å². The zero-order valence-corrected chi connectivity index (χ0v) is 19.3. The Hall–Kier alpha value is -1.16. The molecule has 0 amide bonds. The molecule has 4 aliphatic carbocycles. The number of hydrogen-bond acceptors (Lipinski definition) is 3. The maximum Gasteiger partial charge on any atom is 0.174 e. The van der Waals surface area contributed by atoms with Gasteiger partial charge in [0.25, 0.3) is 0 Å². The van der Waals surface area contributed by atoms with Crippen molar-refractivity contribution in [3.8, 4) is 0 Å². The molecule has 3 saturated carbocycles. The molecule has 3 heteroatoms. The van der Waals surface area contributed by atoms with Crippen LogP contribution in [-0.2, 0) is 20.8 Å². The van der Waals surface area contributed by atoms with Crippen molar-refractivity contribution in [2.45, 2.75) is 83.7 Å². The van der Waals surface area contributed by atoms with Gasteiger partial charge in [0.2, 0.25) is 0 Å². The van der Waals surface area contributed by atoms with Crippen molar-refractivity contribution in [2.24, 2.45) is 28.6 Å². The molecule has 1 heterocycles. The number of ether oxygens (including phenoxy) is 3. The van der Waals surface area contributed by atoms with E-state index in [1.54, 1.807) is 5.57 Å². The van der Waals surface area contributed by atoms with Gasteiger partial charge in [-0.25, -0.2) is 0 Å². The third-order valence-corrected chi connectivity index (χ3v) is 10.0. The summed E-state index contributed by atoms with van der Waals surface area (Å²) >= 11 is 0. The largest absolute Gasteiger partial charge is 0.373 e. The fraction of sp³-hybridized carbons (Fsp3) is 0.714. The number of benzene rings is 1. The standard InChI is InChI=1S/C28H38O3/c1-26-14-7-6-10-21(26)11-12-22-23-13-15-28(30-16-17-31-28)27(23,2)18-24(25(22)26)29-19-20-8-4-3-5-9-20/h3-5,8-9,11,22-25H,6-7,10,12-19H2,1-2H3/t22?,23?,24?,25?,26-,27-/m0/s1. The van der Waals surface area contributed by atoms with Crippen LogP contribution in [0.5, 0.6) is 0 Å². The van der Waals surface area contributed by atoms with Gasteiger partial charge in [0.15, 0.2) is 5.79 Å². The molecule has 5 aliphatic rings. The molecule has 0 radical (unpaired) electrons. The number of hydrogen-bond donors (Lipinski definition) is 0. The molecule has 1 spiro atoms. The minimum Gasteiger partial charge on any atom is -0.373 e. The molecule has 3 nitrogen and oxygen atoms in total. The Balaban J connectivity index is 1.37. The second kappa shape index (κ2) is 7.43. The average molecular weight is 423 g/mol. The molecule has 4 fully saturated rings. The van der Waals surface area contributed by atoms with Gasteiger partial charge in [0, 0.05) is 11.8 Å². The van der Waals surface area contributed by atoms with Gasteiger partial charge in [0.05, 0.1) is 25.9 Å². The van der Waals surface area contributed by atoms with E-state index in [1.807, 2.05) is 0 Å². The predicted molar refractivity (Wildman–Crippen MR) is 121 cm³/mol. The first-order chi connectivity index (χ1) is 15.1. The van der Waals surface area contributed by atoms with E-state index in [9.17, 15) is 0 Å². The Morgan fingerprint density at radius 1 is 1.03 bits per heavy atom. The molecule has 1 saturated heterocycles. The monoisotopic (exact) mass is 422 g/mol. The third-order valence-electron chi connectivity index (χ3n) is 10.0. The first kappa shape index (κ1) is 20.4. The molecule has 0 aromatic heterocycles. The summed E-state index contributed by atoms with van der Waals surface area (Å²) in [5, 5.41) is 0. The summed E-state index contributed by atoms with van der Waals surface area (Å²) in [6.45, 7) is 7.23. The maximum absolute atomic E-state index is 6.89. The van der Waals surface area contributed by atoms with Gasteiger partial charge in [-0.15, -0.1) is 0 Å². The molecule has 1 aromatic carbocycles. The van der Waals surface area contributed by atoms with Crippen LogP contribution in [0, 0.1) is 28.6 Å². The Morgan fingerprint density at radius 3 is 2.65 bits per heavy atom. The first-order valence-electron chi connectivity index (χ1n) is 12.7. The number of fused-ring (bicyclic) bond motifs is 6. The molecule has 0 N–H and O–H groups in total. The summed E-state index contributed by atoms with van der Waals surface area (Å²) in [6.07, 6.45) is 12.8. The fourth-order valence-corrected chi connectivity index (χ4v) is 8.61. The van der Waals surface area contributed by atoms with Crippen LogP contribution < -0.4 is 0 Å². The number of rotatable bonds is 3. The normalized spacial score (nSPS) is 43.2. The molecule has 168 valence electrons. The summed E-state index contributed by atoms with van der Waals surface area (Å²) in [6, 6.07) is 10.7. The highest BCUT2D eigenvalue weighted by Crippen LogP contribution is 2.69. The van der Waals surface area contributed by atoms with Crippen molar-refractivity contribution in [2.75, 3.05) is 13.2 Å². The van der Waals surface area contributed by atoms with Crippen LogP contribution in [0.1, 0.15) is 70.8 Å². The van der Waals surface area contributed by atoms with Gasteiger partial charge in [-0.3, -0.25) is 0 Å². The van der Waals surface area contributed by atoms with Crippen LogP contribution in [0.15, 0.2) is 42.0 Å². The van der Waals surface area contributed by atoms with Gasteiger partial charge in [-0.1, -0.05) is 62.2 Å². The second-order valence-corrected chi connectivity index (χ2v) is 11.3. The maximum atomic E-state index is 6.89. The minimum atomic E-state index is -0.381. The van der Waals surface area contributed by atoms with E-state index in [-0.39, 0.29) is 17.3 Å². The fourth-order valence-electron chi connectivity index (χ4n) is 8.61. The van der Waals surface area contributed by atoms with Crippen molar-refractivity contribution < 1.29 is 14.2 Å². The average Bonchev–Trinajstić information content (AvgIpc) is 3.38. The molecule has 0 bridgehead atoms. The van der Waals surface area contributed by atoms with E-state index in [0.29, 0.717) is 29.8 Å². The van der Waals surface area contributed by atoms with E-state index >= 15 is 0 Å². The SMILES string of the molecule is C[C@]12CCCCC1=CCC1C2C(OCc2ccccc2)C[C@@]2(C)C1CCC21OCCO1. The lowest BCUT2D eigenvalue weighted by Crippen LogP contribution is -2.60. The highest BCUT2D eigenvalue weighted by atomic mass is 16.7. The quantitative estimate of drug-likeness (QED) is 0.537. The van der Waals surface area contributed by atoms with Crippen LogP contribution in [0.25, 0.3) is 0 Å². The molecule has 1 aromatic rings. The molecule has 4 unspecified atom stereocenters. The Morgan fingerprint density at radius 2 is 1.84 bits per heavy atom. The molecule has 6 rings (SSSR count). The van der Waals surface area contributed by atoms with Crippen molar-refractivity contribution in [3.63, 3.8) is 0 Å². The first-order valence-corrected chi connectivity index (χ1v) is 12.7. The van der Waals surface area contributed by atoms with Gasteiger partial charge < -0.3 is 14.2 Å². The topological polar surface area (TPSA) is 27.7 Å². The summed E-state index contributed by atoms with van der Waals surface area (Å²) < 4.78 is 19.7. The highest BCUT2D eigenvalue weighted by Gasteiger charge is 2.68. The smallest absolute Gasteiger partial charge is 0.174 e. The van der Waals surface area contributed by atoms with Crippen molar-refractivity contribution >= 4 is 0 Å². The predicted octanol–water partition coefficient (Wildman–Crippen LogP) is 6.28. The van der Waals surface area contributed by atoms with Crippen LogP contribution in [0.4, 0.5) is 0 Å². The minimum absolute atomic E-state index is 0.0440. The second-order valence-electron chi connectivity index (χ2n) is 11.3. The zero-order valence-electron chi connectivity index (χ0n) is 19.3. The third kappa shape index (κ3) is 2.96. The van der Waals surface area contributed by atoms with Crippen LogP contribution in [0.3, 0.4) is 0 Å². The molecule has 31 heavy (non-hydrogen) atoms. The summed E-state index contributed by atoms with van der Waals surface area (Å²) in [5.74, 6) is 1.59. The molecule has 6 atom stereocenters. The van der Waals surface area contributed by atoms with Crippen LogP contribution in [0.2, 0.25) is 0 Å². The van der Waals surface area contributed by atoms with E-state index in [1.165, 1.54) is 44.1 Å². The van der Waals surface area contributed by atoms with Crippen LogP contribution >= 0.6 is 0 Å². The molecule has 1 aliphatic heterocycles. The highest BCUT2D eigenvalue weighted by molar-refractivity contribution is 5.26. The molecular weight excluding hydrogens is 384 g/mol. The summed E-state index contributed by atoms with van der Waals surface area (Å²) in [7, 11) is 0. The lowest BCUT2D eigenvalue weighted by molar-refractivity contribution is -0.261. The lowest BCUT2D eigenvalue weighted by atomic mass is 9.47. The summed E-state index contributed by atoms with van der Waals surface area (Å²) in [4.78, 5) is 0. The lowest BCUT2D eigenvalue weighted by Gasteiger charge is -2.60. The summed E-state index contributed by atoms with van der Waals surface area (Å²) in [5.41, 5.74) is 3.36. The van der Waals surface area contributed by atoms with E-state index in [4.69, 9.17) is 14.2 Å². The van der Waals surface area contributed by atoms with E-state index in [2.05, 4.69) is 50.3 Å². The van der Waals surface area contributed by atoms with Crippen molar-refractivity contribution in [1.29, 1.82) is 0 Å². The van der Waals surface area contributed by atoms with Crippen molar-refractivity contribution in [1.82, 2.24) is 0 Å². The van der Waals surface area contributed by atoms with Gasteiger partial charge >= 0.3 is 0 Å². The van der Waals surface area contributed by atoms with Crippen LogP contribution in [-0.4, -0.2) is 25.1 Å². The van der Waals surface area contributed by atoms with Gasteiger partial charge in [-0.05, 0) is 67.3 Å². The van der Waals surface area contributed by atoms with Gasteiger partial charge in [-0.2, -0.15) is 0 Å². The van der Waals surface area contributed by atoms with Gasteiger partial charge in [0.1, 0.15) is 0 Å². The zero-order chi connectivity index (χ0) is 21.1. The van der Waals surface area contributed by atoms with E-state index in [0.717, 1.165) is 26.1 Å². The van der Waals surface area contributed by atoms with Crippen molar-refractivity contribution in [3.05, 3.63) is 47.5 Å². The number of allylic oxidation sites excluding steroid dienone is 2. The Bertz CT molecular complexity index is 841. The molecular formula is C28H38O3. The Kier molecular flexibility index (Phi) is 4.90. The Labute approximate surface area is 187 Å².